The molecule has 0 radical (unpaired) electrons. The van der Waals surface area contributed by atoms with Gasteiger partial charge in [0, 0.05) is 0 Å². The zero-order chi connectivity index (χ0) is 16.4. The Labute approximate surface area is 141 Å². The van der Waals surface area contributed by atoms with Crippen LogP contribution < -0.4 is 3.58 Å². The minimum atomic E-state index is -2.50. The molecule has 0 saturated carbocycles. The fraction of sp³-hybridized carbons (Fsp3) is 0.684. The number of carbonyl (C=O) groups excluding carboxylic acids is 1. The van der Waals surface area contributed by atoms with E-state index in [-0.39, 0.29) is 5.78 Å². The van der Waals surface area contributed by atoms with Crippen LogP contribution in [0.3, 0.4) is 0 Å². The van der Waals surface area contributed by atoms with E-state index in [9.17, 15) is 4.79 Å². The Morgan fingerprint density at radius 3 is 1.91 bits per heavy atom. The molecule has 0 fully saturated rings. The van der Waals surface area contributed by atoms with Gasteiger partial charge in [0.2, 0.25) is 0 Å². The molecule has 0 aromatic carbocycles. The molecular formula is C19H33NOSn. The van der Waals surface area contributed by atoms with E-state index in [1.54, 1.807) is 6.92 Å². The average molecular weight is 410 g/mol. The summed E-state index contributed by atoms with van der Waals surface area (Å²) in [5.41, 5.74) is 0.932. The van der Waals surface area contributed by atoms with Crippen molar-refractivity contribution in [3.05, 3.63) is 24.0 Å². The third kappa shape index (κ3) is 5.36. The van der Waals surface area contributed by atoms with Crippen molar-refractivity contribution < 1.29 is 4.79 Å². The normalized spacial score (nSPS) is 11.6. The molecule has 0 aliphatic carbocycles. The molecule has 0 saturated heterocycles. The van der Waals surface area contributed by atoms with E-state index < -0.39 is 18.4 Å². The summed E-state index contributed by atoms with van der Waals surface area (Å²) in [6.45, 7) is 8.56. The molecule has 0 aliphatic heterocycles. The number of nitrogens with zero attached hydrogens (tertiary/aromatic N) is 1. The first-order chi connectivity index (χ1) is 10.6. The Kier molecular flexibility index (Phi) is 9.30. The number of hydrogen-bond donors (Lipinski definition) is 0. The second kappa shape index (κ2) is 10.4. The molecular weight excluding hydrogens is 377 g/mol. The maximum atomic E-state index is 12.1. The molecule has 1 aromatic rings. The predicted octanol–water partition coefficient (Wildman–Crippen LogP) is 5.34. The van der Waals surface area contributed by atoms with E-state index in [0.717, 1.165) is 5.56 Å². The molecule has 124 valence electrons. The number of pyridine rings is 1. The molecule has 1 heterocycles. The second-order valence-electron chi connectivity index (χ2n) is 6.57. The summed E-state index contributed by atoms with van der Waals surface area (Å²) < 4.78 is 5.66. The van der Waals surface area contributed by atoms with Crippen LogP contribution in [0, 0.1) is 0 Å². The summed E-state index contributed by atoms with van der Waals surface area (Å²) in [6.07, 6.45) is 11.5. The van der Waals surface area contributed by atoms with Crippen molar-refractivity contribution in [1.29, 1.82) is 0 Å². The van der Waals surface area contributed by atoms with Gasteiger partial charge in [-0.05, 0) is 0 Å². The molecule has 0 unspecified atom stereocenters. The second-order valence-corrected chi connectivity index (χ2v) is 19.7. The first-order valence-electron chi connectivity index (χ1n) is 9.06. The first kappa shape index (κ1) is 19.7. The SMILES string of the molecule is CCC[CH2][Sn]([CH2]CCC)([CH2]CCC)[c]1ccncc1C(C)=O. The molecule has 3 heteroatoms. The van der Waals surface area contributed by atoms with Crippen molar-refractivity contribution in [2.75, 3.05) is 0 Å². The van der Waals surface area contributed by atoms with Crippen LogP contribution in [0.5, 0.6) is 0 Å². The summed E-state index contributed by atoms with van der Waals surface area (Å²) in [5.74, 6) is 0.202. The maximum absolute atomic E-state index is 12.1. The molecule has 0 bridgehead atoms. The van der Waals surface area contributed by atoms with Gasteiger partial charge in [-0.1, -0.05) is 0 Å². The third-order valence-electron chi connectivity index (χ3n) is 4.80. The minimum absolute atomic E-state index is 0.202. The fourth-order valence-corrected chi connectivity index (χ4v) is 20.3. The van der Waals surface area contributed by atoms with Gasteiger partial charge in [-0.3, -0.25) is 0 Å². The van der Waals surface area contributed by atoms with Gasteiger partial charge in [0.05, 0.1) is 0 Å². The molecule has 1 rings (SSSR count). The first-order valence-corrected chi connectivity index (χ1v) is 16.5. The van der Waals surface area contributed by atoms with Crippen LogP contribution in [0.4, 0.5) is 0 Å². The van der Waals surface area contributed by atoms with E-state index in [0.29, 0.717) is 0 Å². The number of Topliss-reactive ketones (excluding diaryl/α,β-unsaturated/α-hetero) is 1. The number of unbranched alkanes of at least 4 members (excludes halogenated alkanes) is 3. The zero-order valence-corrected chi connectivity index (χ0v) is 17.8. The Morgan fingerprint density at radius 1 is 1.00 bits per heavy atom. The fourth-order valence-electron chi connectivity index (χ4n) is 3.46. The Balaban J connectivity index is 3.28. The molecule has 2 nitrogen and oxygen atoms in total. The topological polar surface area (TPSA) is 30.0 Å². The Hall–Kier alpha value is -0.381. The summed E-state index contributed by atoms with van der Waals surface area (Å²) in [7, 11) is 0. The van der Waals surface area contributed by atoms with Crippen molar-refractivity contribution in [1.82, 2.24) is 4.98 Å². The van der Waals surface area contributed by atoms with Crippen LogP contribution in [0.1, 0.15) is 76.6 Å². The molecule has 0 aliphatic rings. The zero-order valence-electron chi connectivity index (χ0n) is 15.0. The van der Waals surface area contributed by atoms with Gasteiger partial charge < -0.3 is 0 Å². The molecule has 0 spiro atoms. The van der Waals surface area contributed by atoms with E-state index in [1.807, 2.05) is 12.4 Å². The Morgan fingerprint density at radius 2 is 1.50 bits per heavy atom. The van der Waals surface area contributed by atoms with Crippen molar-refractivity contribution in [3.8, 4) is 0 Å². The number of ketones is 1. The van der Waals surface area contributed by atoms with Crippen molar-refractivity contribution >= 4 is 27.7 Å². The predicted molar refractivity (Wildman–Crippen MR) is 98.8 cm³/mol. The molecule has 22 heavy (non-hydrogen) atoms. The van der Waals surface area contributed by atoms with Crippen molar-refractivity contribution in [3.63, 3.8) is 0 Å². The number of hydrogen-bond acceptors (Lipinski definition) is 2. The van der Waals surface area contributed by atoms with Crippen LogP contribution in [-0.2, 0) is 0 Å². The summed E-state index contributed by atoms with van der Waals surface area (Å²) >= 11 is -2.50. The van der Waals surface area contributed by atoms with Gasteiger partial charge in [0.1, 0.15) is 0 Å². The molecule has 1 aromatic heterocycles. The van der Waals surface area contributed by atoms with Crippen LogP contribution in [0.2, 0.25) is 13.3 Å². The number of carbonyl (C=O) groups is 1. The summed E-state index contributed by atoms with van der Waals surface area (Å²) in [6, 6.07) is 2.20. The van der Waals surface area contributed by atoms with Crippen molar-refractivity contribution in [2.24, 2.45) is 0 Å². The van der Waals surface area contributed by atoms with E-state index in [2.05, 4.69) is 31.8 Å². The Bertz CT molecular complexity index is 437. The van der Waals surface area contributed by atoms with Gasteiger partial charge in [0.15, 0.2) is 0 Å². The number of aromatic nitrogens is 1. The standard InChI is InChI=1S/C7H6NO.3C4H9.Sn/c1-6(9)7-3-2-4-8-5-7;3*1-3-4-2;/h2,4-5H,1H3;3*1,3-4H2,2H3;. The average Bonchev–Trinajstić information content (AvgIpc) is 2.54. The van der Waals surface area contributed by atoms with E-state index in [1.165, 1.54) is 55.4 Å². The van der Waals surface area contributed by atoms with E-state index >= 15 is 0 Å². The van der Waals surface area contributed by atoms with Gasteiger partial charge in [-0.2, -0.15) is 0 Å². The summed E-state index contributed by atoms with van der Waals surface area (Å²) in [5, 5.41) is 0. The van der Waals surface area contributed by atoms with Crippen LogP contribution in [0.25, 0.3) is 0 Å². The quantitative estimate of drug-likeness (QED) is 0.364. The van der Waals surface area contributed by atoms with Crippen LogP contribution in [0.15, 0.2) is 18.5 Å². The van der Waals surface area contributed by atoms with Gasteiger partial charge in [-0.25, -0.2) is 0 Å². The van der Waals surface area contributed by atoms with Gasteiger partial charge >= 0.3 is 141 Å². The van der Waals surface area contributed by atoms with Crippen LogP contribution in [-0.4, -0.2) is 29.1 Å². The number of rotatable bonds is 11. The van der Waals surface area contributed by atoms with E-state index in [4.69, 9.17) is 0 Å². The van der Waals surface area contributed by atoms with Gasteiger partial charge in [0.25, 0.3) is 0 Å². The molecule has 0 amide bonds. The third-order valence-corrected chi connectivity index (χ3v) is 20.5. The molecule has 0 atom stereocenters. The van der Waals surface area contributed by atoms with Crippen LogP contribution >= 0.6 is 0 Å². The monoisotopic (exact) mass is 411 g/mol. The molecule has 0 N–H and O–H groups in total. The van der Waals surface area contributed by atoms with Gasteiger partial charge in [-0.15, -0.1) is 0 Å². The summed E-state index contributed by atoms with van der Waals surface area (Å²) in [4.78, 5) is 16.4. The van der Waals surface area contributed by atoms with Crippen molar-refractivity contribution in [2.45, 2.75) is 79.5 Å².